The van der Waals surface area contributed by atoms with Gasteiger partial charge in [0.1, 0.15) is 5.82 Å². The van der Waals surface area contributed by atoms with Crippen LogP contribution in [0.5, 0.6) is 0 Å². The molecule has 1 aliphatic rings. The number of nitrogens with one attached hydrogen (secondary N) is 1. The van der Waals surface area contributed by atoms with Gasteiger partial charge < -0.3 is 5.32 Å². The maximum Gasteiger partial charge on any atom is 0.442 e. The lowest BCUT2D eigenvalue weighted by atomic mass is 9.83. The summed E-state index contributed by atoms with van der Waals surface area (Å²) in [5, 5.41) is 14.3. The Morgan fingerprint density at radius 3 is 3.03 bits per heavy atom. The summed E-state index contributed by atoms with van der Waals surface area (Å²) in [4.78, 5) is 16.8. The van der Waals surface area contributed by atoms with Crippen molar-refractivity contribution in [3.8, 4) is 11.5 Å². The van der Waals surface area contributed by atoms with Gasteiger partial charge in [-0.2, -0.15) is 0 Å². The standard InChI is InChI=1S/C16H17FN6O5S/c1-26-22-29(2,25)6-5-18-14-13(19-28-20-14)15-21-27-16(24)23(15)12-7-9-3-4-10(17)8-11(9)12/h3-4,8,12H,5-7H2,1-2H3,(H,18,20)/t12-,29?/m0/s1. The highest BCUT2D eigenvalue weighted by Crippen LogP contribution is 2.38. The van der Waals surface area contributed by atoms with Gasteiger partial charge in [0.2, 0.25) is 11.6 Å². The summed E-state index contributed by atoms with van der Waals surface area (Å²) in [6.07, 6.45) is 1.98. The fraction of sp³-hybridized carbons (Fsp3) is 0.375. The second kappa shape index (κ2) is 7.40. The summed E-state index contributed by atoms with van der Waals surface area (Å²) >= 11 is 0. The number of benzene rings is 1. The molecule has 3 aromatic rings. The van der Waals surface area contributed by atoms with Gasteiger partial charge in [0.05, 0.1) is 28.6 Å². The zero-order valence-corrected chi connectivity index (χ0v) is 16.3. The van der Waals surface area contributed by atoms with Crippen LogP contribution in [-0.2, 0) is 21.0 Å². The summed E-state index contributed by atoms with van der Waals surface area (Å²) < 4.78 is 40.2. The molecule has 1 aromatic carbocycles. The predicted octanol–water partition coefficient (Wildman–Crippen LogP) is 1.24. The lowest BCUT2D eigenvalue weighted by molar-refractivity contribution is 0.218. The van der Waals surface area contributed by atoms with Gasteiger partial charge in [0.25, 0.3) is 0 Å². The highest BCUT2D eigenvalue weighted by atomic mass is 32.2. The van der Waals surface area contributed by atoms with Gasteiger partial charge >= 0.3 is 5.76 Å². The molecule has 2 heterocycles. The van der Waals surface area contributed by atoms with Crippen molar-refractivity contribution in [3.63, 3.8) is 0 Å². The van der Waals surface area contributed by atoms with E-state index in [1.165, 1.54) is 30.1 Å². The maximum atomic E-state index is 13.6. The van der Waals surface area contributed by atoms with Gasteiger partial charge in [-0.05, 0) is 40.0 Å². The van der Waals surface area contributed by atoms with E-state index < -0.39 is 27.3 Å². The normalized spacial score (nSPS) is 17.3. The van der Waals surface area contributed by atoms with Crippen LogP contribution in [0, 0.1) is 5.82 Å². The van der Waals surface area contributed by atoms with Crippen LogP contribution in [0.25, 0.3) is 11.5 Å². The Morgan fingerprint density at radius 2 is 2.24 bits per heavy atom. The minimum Gasteiger partial charge on any atom is -0.364 e. The van der Waals surface area contributed by atoms with E-state index in [1.807, 2.05) is 0 Å². The molecule has 1 aliphatic carbocycles. The number of aromatic nitrogens is 4. The Morgan fingerprint density at radius 1 is 1.41 bits per heavy atom. The molecule has 0 fully saturated rings. The Labute approximate surface area is 163 Å². The molecule has 1 N–H and O–H groups in total. The highest BCUT2D eigenvalue weighted by Gasteiger charge is 2.34. The van der Waals surface area contributed by atoms with Crippen molar-refractivity contribution >= 4 is 15.5 Å². The van der Waals surface area contributed by atoms with Gasteiger partial charge in [0, 0.05) is 12.8 Å². The second-order valence-corrected chi connectivity index (χ2v) is 8.99. The predicted molar refractivity (Wildman–Crippen MR) is 99.2 cm³/mol. The zero-order valence-electron chi connectivity index (χ0n) is 15.5. The zero-order chi connectivity index (χ0) is 20.6. The van der Waals surface area contributed by atoms with E-state index in [1.54, 1.807) is 6.07 Å². The summed E-state index contributed by atoms with van der Waals surface area (Å²) in [6.45, 7) is 0.225. The van der Waals surface area contributed by atoms with Crippen LogP contribution in [0.2, 0.25) is 0 Å². The van der Waals surface area contributed by atoms with E-state index in [-0.39, 0.29) is 29.6 Å². The first-order valence-corrected chi connectivity index (χ1v) is 10.6. The molecule has 0 spiro atoms. The molecular weight excluding hydrogens is 407 g/mol. The fourth-order valence-corrected chi connectivity index (χ4v) is 4.04. The Bertz CT molecular complexity index is 1220. The summed E-state index contributed by atoms with van der Waals surface area (Å²) in [7, 11) is -1.20. The molecule has 4 rings (SSSR count). The number of halogens is 1. The second-order valence-electron chi connectivity index (χ2n) is 6.51. The first kappa shape index (κ1) is 19.3. The third-order valence-corrected chi connectivity index (χ3v) is 5.96. The Kier molecular flexibility index (Phi) is 4.92. The monoisotopic (exact) mass is 424 g/mol. The lowest BCUT2D eigenvalue weighted by Crippen LogP contribution is -2.31. The molecule has 2 aromatic heterocycles. The van der Waals surface area contributed by atoms with Gasteiger partial charge in [-0.3, -0.25) is 4.52 Å². The number of rotatable bonds is 7. The third-order valence-electron chi connectivity index (χ3n) is 4.53. The van der Waals surface area contributed by atoms with Crippen molar-refractivity contribution in [2.75, 3.05) is 31.0 Å². The Balaban J connectivity index is 1.61. The van der Waals surface area contributed by atoms with Crippen molar-refractivity contribution in [3.05, 3.63) is 45.7 Å². The largest absolute Gasteiger partial charge is 0.442 e. The van der Waals surface area contributed by atoms with E-state index in [9.17, 15) is 13.4 Å². The molecule has 0 saturated carbocycles. The summed E-state index contributed by atoms with van der Waals surface area (Å²) in [6, 6.07) is 3.99. The molecule has 0 saturated heterocycles. The molecule has 2 atom stereocenters. The van der Waals surface area contributed by atoms with E-state index in [0.717, 1.165) is 5.56 Å². The minimum absolute atomic E-state index is 0.0949. The molecule has 0 radical (unpaired) electrons. The molecule has 0 aliphatic heterocycles. The quantitative estimate of drug-likeness (QED) is 0.555. The summed E-state index contributed by atoms with van der Waals surface area (Å²) in [5.74, 6) is -0.636. The van der Waals surface area contributed by atoms with Gasteiger partial charge in [0.15, 0.2) is 5.69 Å². The van der Waals surface area contributed by atoms with Crippen molar-refractivity contribution in [2.45, 2.75) is 12.5 Å². The van der Waals surface area contributed by atoms with Crippen LogP contribution >= 0.6 is 0 Å². The van der Waals surface area contributed by atoms with Gasteiger partial charge in [-0.25, -0.2) is 27.4 Å². The Hall–Kier alpha value is -3.06. The number of anilines is 1. The molecule has 0 amide bonds. The SMILES string of the molecule is CON=S(C)(=O)CCNc1nonc1-c1noc(=O)n1[C@H]1Cc2ccc(F)cc21. The van der Waals surface area contributed by atoms with E-state index in [0.29, 0.717) is 12.0 Å². The van der Waals surface area contributed by atoms with E-state index in [4.69, 9.17) is 9.15 Å². The first-order chi connectivity index (χ1) is 13.9. The number of nitrogens with zero attached hydrogens (tertiary/aromatic N) is 5. The van der Waals surface area contributed by atoms with Crippen LogP contribution in [0.1, 0.15) is 17.2 Å². The molecular formula is C16H17FN6O5S. The average molecular weight is 424 g/mol. The fourth-order valence-electron chi connectivity index (χ4n) is 3.17. The highest BCUT2D eigenvalue weighted by molar-refractivity contribution is 7.92. The third kappa shape index (κ3) is 3.65. The van der Waals surface area contributed by atoms with Crippen molar-refractivity contribution in [1.29, 1.82) is 0 Å². The van der Waals surface area contributed by atoms with Crippen LogP contribution in [0.3, 0.4) is 0 Å². The van der Waals surface area contributed by atoms with Gasteiger partial charge in [-0.15, -0.1) is 0 Å². The smallest absolute Gasteiger partial charge is 0.364 e. The van der Waals surface area contributed by atoms with Crippen molar-refractivity contribution < 1.29 is 22.6 Å². The topological polar surface area (TPSA) is 138 Å². The molecule has 29 heavy (non-hydrogen) atoms. The van der Waals surface area contributed by atoms with Crippen LogP contribution < -0.4 is 11.1 Å². The molecule has 13 heteroatoms. The van der Waals surface area contributed by atoms with Crippen LogP contribution in [-0.4, -0.2) is 49.9 Å². The summed E-state index contributed by atoms with van der Waals surface area (Å²) in [5.41, 5.74) is 1.76. The van der Waals surface area contributed by atoms with E-state index in [2.05, 4.69) is 30.2 Å². The molecule has 0 bridgehead atoms. The lowest BCUT2D eigenvalue weighted by Gasteiger charge is -2.30. The minimum atomic E-state index is -2.53. The van der Waals surface area contributed by atoms with E-state index >= 15 is 0 Å². The van der Waals surface area contributed by atoms with Gasteiger partial charge in [-0.1, -0.05) is 15.7 Å². The molecule has 1 unspecified atom stereocenters. The number of hydrogen-bond donors (Lipinski definition) is 1. The average Bonchev–Trinajstić information content (AvgIpc) is 3.25. The van der Waals surface area contributed by atoms with Crippen LogP contribution in [0.4, 0.5) is 10.2 Å². The first-order valence-electron chi connectivity index (χ1n) is 8.55. The van der Waals surface area contributed by atoms with Crippen molar-refractivity contribution in [2.24, 2.45) is 4.53 Å². The molecule has 11 nitrogen and oxygen atoms in total. The number of hydrogen-bond acceptors (Lipinski definition) is 10. The number of fused-ring (bicyclic) bond motifs is 1. The van der Waals surface area contributed by atoms with Crippen molar-refractivity contribution in [1.82, 2.24) is 20.0 Å². The maximum absolute atomic E-state index is 13.6. The molecule has 154 valence electrons. The van der Waals surface area contributed by atoms with Crippen LogP contribution in [0.15, 0.2) is 36.7 Å².